The van der Waals surface area contributed by atoms with Crippen molar-refractivity contribution in [2.75, 3.05) is 6.54 Å². The number of likely N-dealkylation sites (tertiary alicyclic amines) is 1. The molecular formula is C18H20N4OS. The summed E-state index contributed by atoms with van der Waals surface area (Å²) >= 11 is 1.69. The van der Waals surface area contributed by atoms with E-state index in [1.165, 1.54) is 4.70 Å². The fourth-order valence-electron chi connectivity index (χ4n) is 3.36. The minimum atomic E-state index is 0.240. The van der Waals surface area contributed by atoms with Crippen LogP contribution in [0.5, 0.6) is 0 Å². The molecule has 0 spiro atoms. The molecule has 124 valence electrons. The highest BCUT2D eigenvalue weighted by Gasteiger charge is 2.28. The standard InChI is InChI=1S/C18H20N4OS/c23-18(9-8-17-20-15-6-1-2-7-16(15)24-17)22-12-3-5-14(22)13-21-11-4-10-19-21/h1-2,4,6-7,10-11,14H,3,5,8-9,12-13H2/t14-/m0/s1. The largest absolute Gasteiger partial charge is 0.338 e. The Bertz CT molecular complexity index is 794. The second-order valence-electron chi connectivity index (χ2n) is 6.19. The molecule has 0 unspecified atom stereocenters. The summed E-state index contributed by atoms with van der Waals surface area (Å²) in [6.45, 7) is 1.66. The van der Waals surface area contributed by atoms with E-state index in [0.29, 0.717) is 6.42 Å². The van der Waals surface area contributed by atoms with Crippen LogP contribution in [0.2, 0.25) is 0 Å². The summed E-state index contributed by atoms with van der Waals surface area (Å²) in [5, 5.41) is 5.31. The van der Waals surface area contributed by atoms with Crippen molar-refractivity contribution in [1.82, 2.24) is 19.7 Å². The average Bonchev–Trinajstić information content (AvgIpc) is 3.33. The van der Waals surface area contributed by atoms with E-state index in [-0.39, 0.29) is 11.9 Å². The zero-order chi connectivity index (χ0) is 16.4. The predicted octanol–water partition coefficient (Wildman–Crippen LogP) is 3.12. The molecule has 1 saturated heterocycles. The van der Waals surface area contributed by atoms with Gasteiger partial charge in [-0.25, -0.2) is 4.98 Å². The number of carbonyl (C=O) groups is 1. The number of fused-ring (bicyclic) bond motifs is 1. The topological polar surface area (TPSA) is 51.0 Å². The van der Waals surface area contributed by atoms with Gasteiger partial charge in [0.15, 0.2) is 0 Å². The zero-order valence-corrected chi connectivity index (χ0v) is 14.3. The van der Waals surface area contributed by atoms with Crippen LogP contribution < -0.4 is 0 Å². The number of amides is 1. The number of rotatable bonds is 5. The van der Waals surface area contributed by atoms with Crippen molar-refractivity contribution in [2.45, 2.75) is 38.3 Å². The van der Waals surface area contributed by atoms with Crippen molar-refractivity contribution in [3.05, 3.63) is 47.7 Å². The number of hydrogen-bond acceptors (Lipinski definition) is 4. The number of hydrogen-bond donors (Lipinski definition) is 0. The van der Waals surface area contributed by atoms with E-state index in [9.17, 15) is 4.79 Å². The molecule has 1 aliphatic heterocycles. The van der Waals surface area contributed by atoms with Gasteiger partial charge < -0.3 is 4.90 Å². The molecular weight excluding hydrogens is 320 g/mol. The van der Waals surface area contributed by atoms with Crippen LogP contribution in [0, 0.1) is 0 Å². The van der Waals surface area contributed by atoms with Crippen LogP contribution in [0.1, 0.15) is 24.3 Å². The summed E-state index contributed by atoms with van der Waals surface area (Å²) in [7, 11) is 0. The van der Waals surface area contributed by atoms with Crippen LogP contribution >= 0.6 is 11.3 Å². The van der Waals surface area contributed by atoms with Gasteiger partial charge >= 0.3 is 0 Å². The molecule has 6 heteroatoms. The predicted molar refractivity (Wildman–Crippen MR) is 94.9 cm³/mol. The highest BCUT2D eigenvalue weighted by molar-refractivity contribution is 7.18. The monoisotopic (exact) mass is 340 g/mol. The molecule has 1 amide bonds. The number of aryl methyl sites for hydroxylation is 1. The molecule has 1 fully saturated rings. The lowest BCUT2D eigenvalue weighted by atomic mass is 10.2. The first kappa shape index (κ1) is 15.3. The van der Waals surface area contributed by atoms with E-state index in [2.05, 4.69) is 16.1 Å². The highest BCUT2D eigenvalue weighted by Crippen LogP contribution is 2.24. The van der Waals surface area contributed by atoms with Crippen molar-refractivity contribution in [3.8, 4) is 0 Å². The molecule has 1 aliphatic rings. The molecule has 0 N–H and O–H groups in total. The summed E-state index contributed by atoms with van der Waals surface area (Å²) in [6.07, 6.45) is 7.15. The number of para-hydroxylation sites is 1. The van der Waals surface area contributed by atoms with Gasteiger partial charge in [-0.2, -0.15) is 5.10 Å². The molecule has 0 aliphatic carbocycles. The Morgan fingerprint density at radius 3 is 3.04 bits per heavy atom. The number of thiazole rings is 1. The SMILES string of the molecule is O=C(CCc1nc2ccccc2s1)N1CCC[C@H]1Cn1cccn1. The Morgan fingerprint density at radius 1 is 1.29 bits per heavy atom. The number of nitrogens with zero attached hydrogens (tertiary/aromatic N) is 4. The van der Waals surface area contributed by atoms with Gasteiger partial charge in [0.1, 0.15) is 0 Å². The van der Waals surface area contributed by atoms with Crippen LogP contribution in [0.15, 0.2) is 42.7 Å². The maximum absolute atomic E-state index is 12.6. The summed E-state index contributed by atoms with van der Waals surface area (Å²) in [5.41, 5.74) is 1.03. The minimum Gasteiger partial charge on any atom is -0.338 e. The minimum absolute atomic E-state index is 0.240. The molecule has 3 heterocycles. The molecule has 24 heavy (non-hydrogen) atoms. The molecule has 5 nitrogen and oxygen atoms in total. The number of aromatic nitrogens is 3. The normalized spacial score (nSPS) is 17.7. The Morgan fingerprint density at radius 2 is 2.21 bits per heavy atom. The van der Waals surface area contributed by atoms with E-state index in [1.54, 1.807) is 17.5 Å². The maximum atomic E-state index is 12.6. The van der Waals surface area contributed by atoms with Gasteiger partial charge in [0.05, 0.1) is 27.8 Å². The molecule has 1 atom stereocenters. The third kappa shape index (κ3) is 3.19. The molecule has 1 aromatic carbocycles. The number of carbonyl (C=O) groups excluding carboxylic acids is 1. The second kappa shape index (κ2) is 6.73. The molecule has 0 saturated carbocycles. The van der Waals surface area contributed by atoms with Gasteiger partial charge in [-0.15, -0.1) is 11.3 Å². The molecule has 4 rings (SSSR count). The average molecular weight is 340 g/mol. The van der Waals surface area contributed by atoms with Gasteiger partial charge in [-0.1, -0.05) is 12.1 Å². The Labute approximate surface area is 144 Å². The second-order valence-corrected chi connectivity index (χ2v) is 7.30. The summed E-state index contributed by atoms with van der Waals surface area (Å²) in [5.74, 6) is 0.240. The first-order chi connectivity index (χ1) is 11.8. The van der Waals surface area contributed by atoms with E-state index in [0.717, 1.165) is 42.9 Å². The van der Waals surface area contributed by atoms with Crippen molar-refractivity contribution in [3.63, 3.8) is 0 Å². The van der Waals surface area contributed by atoms with Crippen molar-refractivity contribution >= 4 is 27.5 Å². The van der Waals surface area contributed by atoms with Crippen LogP contribution in [0.4, 0.5) is 0 Å². The van der Waals surface area contributed by atoms with E-state index in [1.807, 2.05) is 40.0 Å². The summed E-state index contributed by atoms with van der Waals surface area (Å²) < 4.78 is 3.11. The lowest BCUT2D eigenvalue weighted by Gasteiger charge is -2.24. The number of benzene rings is 1. The third-order valence-corrected chi connectivity index (χ3v) is 5.64. The van der Waals surface area contributed by atoms with Crippen LogP contribution in [-0.2, 0) is 17.8 Å². The molecule has 2 aromatic heterocycles. The van der Waals surface area contributed by atoms with Gasteiger partial charge in [-0.05, 0) is 31.0 Å². The molecule has 0 radical (unpaired) electrons. The fourth-order valence-corrected chi connectivity index (χ4v) is 4.33. The van der Waals surface area contributed by atoms with Gasteiger partial charge in [0.25, 0.3) is 0 Å². The summed E-state index contributed by atoms with van der Waals surface area (Å²) in [6, 6.07) is 10.3. The van der Waals surface area contributed by atoms with Crippen LogP contribution in [-0.4, -0.2) is 38.2 Å². The van der Waals surface area contributed by atoms with Crippen LogP contribution in [0.25, 0.3) is 10.2 Å². The van der Waals surface area contributed by atoms with Crippen molar-refractivity contribution < 1.29 is 4.79 Å². The molecule has 0 bridgehead atoms. The maximum Gasteiger partial charge on any atom is 0.223 e. The Hall–Kier alpha value is -2.21. The first-order valence-electron chi connectivity index (χ1n) is 8.41. The van der Waals surface area contributed by atoms with Gasteiger partial charge in [0, 0.05) is 31.8 Å². The van der Waals surface area contributed by atoms with Gasteiger partial charge in [-0.3, -0.25) is 9.48 Å². The van der Waals surface area contributed by atoms with Crippen LogP contribution in [0.3, 0.4) is 0 Å². The van der Waals surface area contributed by atoms with E-state index >= 15 is 0 Å². The summed E-state index contributed by atoms with van der Waals surface area (Å²) in [4.78, 5) is 19.3. The van der Waals surface area contributed by atoms with Crippen molar-refractivity contribution in [2.24, 2.45) is 0 Å². The lowest BCUT2D eigenvalue weighted by molar-refractivity contribution is -0.132. The molecule has 3 aromatic rings. The third-order valence-electron chi connectivity index (χ3n) is 4.55. The lowest BCUT2D eigenvalue weighted by Crippen LogP contribution is -2.38. The fraction of sp³-hybridized carbons (Fsp3) is 0.389. The first-order valence-corrected chi connectivity index (χ1v) is 9.22. The van der Waals surface area contributed by atoms with Gasteiger partial charge in [0.2, 0.25) is 5.91 Å². The highest BCUT2D eigenvalue weighted by atomic mass is 32.1. The quantitative estimate of drug-likeness (QED) is 0.717. The Balaban J connectivity index is 1.38. The van der Waals surface area contributed by atoms with E-state index in [4.69, 9.17) is 0 Å². The smallest absolute Gasteiger partial charge is 0.223 e. The van der Waals surface area contributed by atoms with E-state index < -0.39 is 0 Å². The van der Waals surface area contributed by atoms with Crippen molar-refractivity contribution in [1.29, 1.82) is 0 Å². The Kier molecular flexibility index (Phi) is 4.30. The zero-order valence-electron chi connectivity index (χ0n) is 13.5.